The van der Waals surface area contributed by atoms with Gasteiger partial charge in [-0.3, -0.25) is 9.79 Å². The van der Waals surface area contributed by atoms with Crippen LogP contribution in [-0.2, 0) is 6.42 Å². The van der Waals surface area contributed by atoms with Gasteiger partial charge in [0.05, 0.1) is 12.6 Å². The maximum Gasteiger partial charge on any atom is 0.182 e. The second-order valence-electron chi connectivity index (χ2n) is 6.32. The molecule has 1 aliphatic rings. The predicted molar refractivity (Wildman–Crippen MR) is 113 cm³/mol. The first-order chi connectivity index (χ1) is 12.6. The van der Waals surface area contributed by atoms with Gasteiger partial charge in [-0.2, -0.15) is 0 Å². The molecule has 0 spiro atoms. The maximum absolute atomic E-state index is 12.8. The zero-order valence-corrected chi connectivity index (χ0v) is 16.7. The van der Waals surface area contributed by atoms with Crippen molar-refractivity contribution in [2.24, 2.45) is 4.99 Å². The molecule has 0 saturated carbocycles. The van der Waals surface area contributed by atoms with Crippen molar-refractivity contribution in [3.05, 3.63) is 64.7 Å². The lowest BCUT2D eigenvalue weighted by Gasteiger charge is -2.23. The Balaban J connectivity index is 1.87. The summed E-state index contributed by atoms with van der Waals surface area (Å²) in [6, 6.07) is 15.8. The van der Waals surface area contributed by atoms with Crippen molar-refractivity contribution in [2.45, 2.75) is 32.7 Å². The van der Waals surface area contributed by atoms with E-state index in [0.29, 0.717) is 16.6 Å². The molecule has 2 aromatic carbocycles. The Morgan fingerprint density at radius 3 is 2.42 bits per heavy atom. The molecule has 26 heavy (non-hydrogen) atoms. The molecule has 0 saturated heterocycles. The number of thioether (sulfide) groups is 1. The molecule has 1 heterocycles. The number of hydrogen-bond donors (Lipinski definition) is 0. The SMILES string of the molecule is CCc1ccc(N(CC(=O)c2ccc(Cl)cc2)C2=NC(CC)CS2)cc1. The van der Waals surface area contributed by atoms with Crippen LogP contribution in [0.1, 0.15) is 36.2 Å². The summed E-state index contributed by atoms with van der Waals surface area (Å²) in [5.74, 6) is 1.04. The third-order valence-electron chi connectivity index (χ3n) is 4.52. The van der Waals surface area contributed by atoms with E-state index < -0.39 is 0 Å². The summed E-state index contributed by atoms with van der Waals surface area (Å²) < 4.78 is 0. The quantitative estimate of drug-likeness (QED) is 0.617. The van der Waals surface area contributed by atoms with E-state index in [1.807, 2.05) is 4.90 Å². The molecule has 3 nitrogen and oxygen atoms in total. The summed E-state index contributed by atoms with van der Waals surface area (Å²) in [6.45, 7) is 4.56. The second-order valence-corrected chi connectivity index (χ2v) is 7.74. The van der Waals surface area contributed by atoms with Crippen LogP contribution in [-0.4, -0.2) is 29.3 Å². The summed E-state index contributed by atoms with van der Waals surface area (Å²) in [6.07, 6.45) is 2.02. The van der Waals surface area contributed by atoms with Crippen LogP contribution < -0.4 is 4.90 Å². The molecule has 0 fully saturated rings. The number of halogens is 1. The summed E-state index contributed by atoms with van der Waals surface area (Å²) in [7, 11) is 0. The number of nitrogens with zero attached hydrogens (tertiary/aromatic N) is 2. The van der Waals surface area contributed by atoms with E-state index in [-0.39, 0.29) is 12.3 Å². The van der Waals surface area contributed by atoms with Crippen molar-refractivity contribution >= 4 is 40.0 Å². The minimum absolute atomic E-state index is 0.0597. The molecule has 1 aliphatic heterocycles. The van der Waals surface area contributed by atoms with Crippen molar-refractivity contribution < 1.29 is 4.79 Å². The molecule has 1 atom stereocenters. The number of amidine groups is 1. The molecule has 0 bridgehead atoms. The number of benzene rings is 2. The van der Waals surface area contributed by atoms with E-state index in [2.05, 4.69) is 38.1 Å². The highest BCUT2D eigenvalue weighted by molar-refractivity contribution is 8.14. The van der Waals surface area contributed by atoms with Gasteiger partial charge in [0.2, 0.25) is 0 Å². The van der Waals surface area contributed by atoms with Gasteiger partial charge >= 0.3 is 0 Å². The van der Waals surface area contributed by atoms with E-state index in [1.54, 1.807) is 36.0 Å². The number of rotatable bonds is 6. The Hall–Kier alpha value is -1.78. The first-order valence-electron chi connectivity index (χ1n) is 8.96. The van der Waals surface area contributed by atoms with Gasteiger partial charge in [0.15, 0.2) is 11.0 Å². The first-order valence-corrected chi connectivity index (χ1v) is 10.3. The van der Waals surface area contributed by atoms with Crippen LogP contribution in [0.15, 0.2) is 53.5 Å². The number of hydrogen-bond acceptors (Lipinski definition) is 4. The molecule has 1 unspecified atom stereocenters. The molecular weight excluding hydrogens is 364 g/mol. The summed E-state index contributed by atoms with van der Waals surface area (Å²) in [5.41, 5.74) is 2.96. The van der Waals surface area contributed by atoms with Gasteiger partial charge < -0.3 is 4.90 Å². The zero-order valence-electron chi connectivity index (χ0n) is 15.1. The smallest absolute Gasteiger partial charge is 0.182 e. The van der Waals surface area contributed by atoms with Gasteiger partial charge in [0.25, 0.3) is 0 Å². The Bertz CT molecular complexity index is 787. The normalized spacial score (nSPS) is 16.4. The number of carbonyl (C=O) groups is 1. The number of aryl methyl sites for hydroxylation is 1. The Kier molecular flexibility index (Phi) is 6.38. The summed E-state index contributed by atoms with van der Waals surface area (Å²) in [4.78, 5) is 19.7. The van der Waals surface area contributed by atoms with Crippen LogP contribution in [0, 0.1) is 0 Å². The van der Waals surface area contributed by atoms with Gasteiger partial charge in [-0.1, -0.05) is 49.3 Å². The fourth-order valence-corrected chi connectivity index (χ4v) is 4.14. The molecule has 0 aromatic heterocycles. The highest BCUT2D eigenvalue weighted by atomic mass is 35.5. The molecule has 5 heteroatoms. The van der Waals surface area contributed by atoms with Crippen molar-refractivity contribution in [1.82, 2.24) is 0 Å². The Morgan fingerprint density at radius 1 is 1.15 bits per heavy atom. The van der Waals surface area contributed by atoms with Crippen molar-refractivity contribution in [2.75, 3.05) is 17.2 Å². The highest BCUT2D eigenvalue weighted by Crippen LogP contribution is 2.27. The highest BCUT2D eigenvalue weighted by Gasteiger charge is 2.25. The van der Waals surface area contributed by atoms with Gasteiger partial charge in [-0.15, -0.1) is 0 Å². The summed E-state index contributed by atoms with van der Waals surface area (Å²) in [5, 5.41) is 1.57. The first kappa shape index (κ1) is 19.0. The molecule has 0 N–H and O–H groups in total. The number of anilines is 1. The van der Waals surface area contributed by atoms with Gasteiger partial charge in [-0.05, 0) is 54.8 Å². The Labute approximate surface area is 164 Å². The minimum atomic E-state index is 0.0597. The second kappa shape index (κ2) is 8.74. The van der Waals surface area contributed by atoms with Crippen LogP contribution in [0.25, 0.3) is 0 Å². The van der Waals surface area contributed by atoms with E-state index in [9.17, 15) is 4.79 Å². The average molecular weight is 387 g/mol. The van der Waals surface area contributed by atoms with Crippen LogP contribution in [0.5, 0.6) is 0 Å². The number of ketones is 1. The number of Topliss-reactive ketones (excluding diaryl/α,β-unsaturated/α-hetero) is 1. The lowest BCUT2D eigenvalue weighted by Crippen LogP contribution is -2.33. The van der Waals surface area contributed by atoms with E-state index in [1.165, 1.54) is 5.56 Å². The fourth-order valence-electron chi connectivity index (χ4n) is 2.81. The lowest BCUT2D eigenvalue weighted by atomic mass is 10.1. The molecule has 3 rings (SSSR count). The lowest BCUT2D eigenvalue weighted by molar-refractivity contribution is 0.100. The monoisotopic (exact) mass is 386 g/mol. The van der Waals surface area contributed by atoms with E-state index in [4.69, 9.17) is 16.6 Å². The zero-order chi connectivity index (χ0) is 18.5. The minimum Gasteiger partial charge on any atom is -0.313 e. The fraction of sp³-hybridized carbons (Fsp3) is 0.333. The van der Waals surface area contributed by atoms with Crippen molar-refractivity contribution in [1.29, 1.82) is 0 Å². The topological polar surface area (TPSA) is 32.7 Å². The molecule has 0 amide bonds. The van der Waals surface area contributed by atoms with Gasteiger partial charge in [0.1, 0.15) is 0 Å². The molecular formula is C21H23ClN2OS. The van der Waals surface area contributed by atoms with Crippen molar-refractivity contribution in [3.8, 4) is 0 Å². The predicted octanol–water partition coefficient (Wildman–Crippen LogP) is 5.47. The third-order valence-corrected chi connectivity index (χ3v) is 5.91. The maximum atomic E-state index is 12.8. The van der Waals surface area contributed by atoms with Crippen LogP contribution >= 0.6 is 23.4 Å². The van der Waals surface area contributed by atoms with Crippen LogP contribution in [0.4, 0.5) is 5.69 Å². The molecule has 0 aliphatic carbocycles. The van der Waals surface area contributed by atoms with Crippen LogP contribution in [0.3, 0.4) is 0 Å². The largest absolute Gasteiger partial charge is 0.313 e. The average Bonchev–Trinajstić information content (AvgIpc) is 3.15. The Morgan fingerprint density at radius 2 is 1.85 bits per heavy atom. The number of aliphatic imine (C=N–C) groups is 1. The standard InChI is InChI=1S/C21H23ClN2OS/c1-3-15-5-11-19(12-6-15)24(21-23-18(4-2)14-26-21)13-20(25)16-7-9-17(22)10-8-16/h5-12,18H,3-4,13-14H2,1-2H3. The van der Waals surface area contributed by atoms with E-state index >= 15 is 0 Å². The van der Waals surface area contributed by atoms with E-state index in [0.717, 1.165) is 29.4 Å². The molecule has 136 valence electrons. The third kappa shape index (κ3) is 4.49. The number of carbonyl (C=O) groups excluding carboxylic acids is 1. The van der Waals surface area contributed by atoms with Gasteiger partial charge in [-0.25, -0.2) is 0 Å². The molecule has 0 radical (unpaired) electrons. The van der Waals surface area contributed by atoms with Gasteiger partial charge in [0, 0.05) is 22.0 Å². The van der Waals surface area contributed by atoms with Crippen LogP contribution in [0.2, 0.25) is 5.02 Å². The summed E-state index contributed by atoms with van der Waals surface area (Å²) >= 11 is 7.67. The molecule has 2 aromatic rings. The van der Waals surface area contributed by atoms with Crippen molar-refractivity contribution in [3.63, 3.8) is 0 Å².